The van der Waals surface area contributed by atoms with Crippen LogP contribution in [0.1, 0.15) is 37.6 Å². The van der Waals surface area contributed by atoms with Gasteiger partial charge in [-0.1, -0.05) is 105 Å². The summed E-state index contributed by atoms with van der Waals surface area (Å²) in [7, 11) is 0. The van der Waals surface area contributed by atoms with Crippen molar-refractivity contribution in [3.63, 3.8) is 0 Å². The molecule has 4 heteroatoms. The van der Waals surface area contributed by atoms with E-state index in [9.17, 15) is 0 Å². The lowest BCUT2D eigenvalue weighted by molar-refractivity contribution is 0.587. The maximum Gasteiger partial charge on any atom is 0.0780 e. The number of halogens is 2. The summed E-state index contributed by atoms with van der Waals surface area (Å²) < 4.78 is 0. The van der Waals surface area contributed by atoms with Crippen molar-refractivity contribution in [3.8, 4) is 22.4 Å². The molecule has 3 aromatic carbocycles. The average Bonchev–Trinajstić information content (AvgIpc) is 2.87. The van der Waals surface area contributed by atoms with Crippen LogP contribution in [0.25, 0.3) is 45.4 Å². The highest BCUT2D eigenvalue weighted by Crippen LogP contribution is 2.40. The van der Waals surface area contributed by atoms with E-state index < -0.39 is 0 Å². The molecule has 5 rings (SSSR count). The minimum atomic E-state index is -0.190. The van der Waals surface area contributed by atoms with Crippen molar-refractivity contribution in [2.45, 2.75) is 26.2 Å². The molecule has 0 spiro atoms. The van der Waals surface area contributed by atoms with Gasteiger partial charge in [-0.25, -0.2) is 4.98 Å². The number of hydrogen-bond acceptors (Lipinski definition) is 2. The van der Waals surface area contributed by atoms with E-state index in [0.29, 0.717) is 5.02 Å². The molecule has 0 saturated carbocycles. The van der Waals surface area contributed by atoms with Crippen LogP contribution in [0.4, 0.5) is 0 Å². The number of pyridine rings is 2. The molecule has 0 bridgehead atoms. The van der Waals surface area contributed by atoms with Crippen LogP contribution in [-0.2, 0) is 5.41 Å². The van der Waals surface area contributed by atoms with Gasteiger partial charge in [-0.05, 0) is 52.9 Å². The minimum Gasteiger partial charge on any atom is -0.256 e. The molecule has 0 atom stereocenters. The van der Waals surface area contributed by atoms with Gasteiger partial charge in [-0.2, -0.15) is 0 Å². The quantitative estimate of drug-likeness (QED) is 0.241. The number of aromatic nitrogens is 2. The molecule has 0 aliphatic heterocycles. The van der Waals surface area contributed by atoms with Gasteiger partial charge < -0.3 is 0 Å². The molecule has 2 heterocycles. The summed E-state index contributed by atoms with van der Waals surface area (Å²) in [6, 6.07) is 28.3. The van der Waals surface area contributed by atoms with Gasteiger partial charge in [0.25, 0.3) is 0 Å². The third kappa shape index (κ3) is 4.93. The number of rotatable bonds is 4. The van der Waals surface area contributed by atoms with Crippen LogP contribution in [-0.4, -0.2) is 9.97 Å². The highest BCUT2D eigenvalue weighted by Gasteiger charge is 2.24. The van der Waals surface area contributed by atoms with Crippen LogP contribution in [0.2, 0.25) is 10.0 Å². The lowest BCUT2D eigenvalue weighted by atomic mass is 9.84. The summed E-state index contributed by atoms with van der Waals surface area (Å²) in [5.74, 6) is 0. The Morgan fingerprint density at radius 2 is 1.56 bits per heavy atom. The molecular weight excluding hydrogens is 483 g/mol. The summed E-state index contributed by atoms with van der Waals surface area (Å²) in [4.78, 5) is 9.72. The maximum absolute atomic E-state index is 7.14. The van der Waals surface area contributed by atoms with Crippen LogP contribution >= 0.6 is 23.2 Å². The van der Waals surface area contributed by atoms with E-state index in [-0.39, 0.29) is 5.41 Å². The van der Waals surface area contributed by atoms with Gasteiger partial charge in [-0.15, -0.1) is 0 Å². The first kappa shape index (κ1) is 24.2. The summed E-state index contributed by atoms with van der Waals surface area (Å²) in [5, 5.41) is 2.34. The monoisotopic (exact) mass is 508 g/mol. The van der Waals surface area contributed by atoms with Crippen LogP contribution in [0.3, 0.4) is 0 Å². The predicted octanol–water partition coefficient (Wildman–Crippen LogP) is 9.74. The summed E-state index contributed by atoms with van der Waals surface area (Å²) in [6.07, 6.45) is 5.95. The second-order valence-corrected chi connectivity index (χ2v) is 10.6. The van der Waals surface area contributed by atoms with Crippen molar-refractivity contribution in [2.75, 3.05) is 0 Å². The van der Waals surface area contributed by atoms with Crippen LogP contribution < -0.4 is 0 Å². The lowest BCUT2D eigenvalue weighted by Gasteiger charge is -2.24. The summed E-state index contributed by atoms with van der Waals surface area (Å²) in [6.45, 7) is 6.51. The van der Waals surface area contributed by atoms with E-state index in [1.807, 2.05) is 54.6 Å². The molecule has 5 aromatic rings. The van der Waals surface area contributed by atoms with E-state index >= 15 is 0 Å². The Kier molecular flexibility index (Phi) is 6.66. The topological polar surface area (TPSA) is 25.8 Å². The van der Waals surface area contributed by atoms with Gasteiger partial charge in [0.15, 0.2) is 0 Å². The van der Waals surface area contributed by atoms with Gasteiger partial charge in [-0.3, -0.25) is 4.98 Å². The van der Waals surface area contributed by atoms with Crippen molar-refractivity contribution in [1.82, 2.24) is 9.97 Å². The fraction of sp³-hybridized carbons (Fsp3) is 0.125. The van der Waals surface area contributed by atoms with E-state index in [0.717, 1.165) is 55.1 Å². The Balaban J connectivity index is 1.67. The number of benzene rings is 3. The van der Waals surface area contributed by atoms with Crippen LogP contribution in [0.15, 0.2) is 91.1 Å². The van der Waals surface area contributed by atoms with Gasteiger partial charge in [0, 0.05) is 33.3 Å². The zero-order chi connectivity index (χ0) is 25.3. The Labute approximate surface area is 222 Å². The Morgan fingerprint density at radius 1 is 0.750 bits per heavy atom. The first-order chi connectivity index (χ1) is 17.3. The van der Waals surface area contributed by atoms with Crippen molar-refractivity contribution < 1.29 is 0 Å². The molecule has 0 fully saturated rings. The van der Waals surface area contributed by atoms with Gasteiger partial charge in [0.05, 0.1) is 21.9 Å². The number of fused-ring (bicyclic) bond motifs is 1. The second kappa shape index (κ2) is 9.89. The standard InChI is InChI=1S/C32H26Cl2N2/c1-32(2,3)29-28(16-14-21-9-5-4-6-10-21)36-27-17-15-22(20-26(27)30(29)34)25-13-8-18-35-31(25)23-11-7-12-24(33)19-23/h4-20H,1-3H3/b16-14+. The highest BCUT2D eigenvalue weighted by molar-refractivity contribution is 6.36. The molecular formula is C32H26Cl2N2. The van der Waals surface area contributed by atoms with Crippen LogP contribution in [0, 0.1) is 0 Å². The maximum atomic E-state index is 7.14. The van der Waals surface area contributed by atoms with Crippen molar-refractivity contribution >= 4 is 46.3 Å². The Bertz CT molecular complexity index is 1580. The first-order valence-electron chi connectivity index (χ1n) is 11.9. The van der Waals surface area contributed by atoms with Gasteiger partial charge in [0.1, 0.15) is 0 Å². The van der Waals surface area contributed by atoms with E-state index in [1.165, 1.54) is 0 Å². The largest absolute Gasteiger partial charge is 0.256 e. The molecule has 0 saturated heterocycles. The molecule has 0 unspecified atom stereocenters. The van der Waals surface area contributed by atoms with Gasteiger partial charge >= 0.3 is 0 Å². The molecule has 0 aliphatic carbocycles. The smallest absolute Gasteiger partial charge is 0.0780 e. The fourth-order valence-corrected chi connectivity index (χ4v) is 5.21. The third-order valence-electron chi connectivity index (χ3n) is 6.15. The molecule has 0 amide bonds. The van der Waals surface area contributed by atoms with Gasteiger partial charge in [0.2, 0.25) is 0 Å². The molecule has 0 N–H and O–H groups in total. The Morgan fingerprint density at radius 3 is 2.31 bits per heavy atom. The van der Waals surface area contributed by atoms with Crippen molar-refractivity contribution in [3.05, 3.63) is 118 Å². The average molecular weight is 509 g/mol. The van der Waals surface area contributed by atoms with Crippen molar-refractivity contribution in [1.29, 1.82) is 0 Å². The lowest BCUT2D eigenvalue weighted by Crippen LogP contribution is -2.15. The number of hydrogen-bond donors (Lipinski definition) is 0. The van der Waals surface area contributed by atoms with Crippen LogP contribution in [0.5, 0.6) is 0 Å². The highest BCUT2D eigenvalue weighted by atomic mass is 35.5. The minimum absolute atomic E-state index is 0.190. The summed E-state index contributed by atoms with van der Waals surface area (Å²) in [5.41, 5.74) is 7.60. The molecule has 2 nitrogen and oxygen atoms in total. The first-order valence-corrected chi connectivity index (χ1v) is 12.6. The van der Waals surface area contributed by atoms with E-state index in [2.05, 4.69) is 68.2 Å². The molecule has 0 aliphatic rings. The molecule has 2 aromatic heterocycles. The normalized spacial score (nSPS) is 11.9. The molecule has 178 valence electrons. The number of nitrogens with zero attached hydrogens (tertiary/aromatic N) is 2. The molecule has 36 heavy (non-hydrogen) atoms. The SMILES string of the molecule is CC(C)(C)c1c(/C=C/c2ccccc2)nc2ccc(-c3cccnc3-c3cccc(Cl)c3)cc2c1Cl. The zero-order valence-electron chi connectivity index (χ0n) is 20.5. The predicted molar refractivity (Wildman–Crippen MR) is 154 cm³/mol. The second-order valence-electron chi connectivity index (χ2n) is 9.82. The molecule has 0 radical (unpaired) electrons. The summed E-state index contributed by atoms with van der Waals surface area (Å²) >= 11 is 13.4. The van der Waals surface area contributed by atoms with E-state index in [4.69, 9.17) is 28.2 Å². The third-order valence-corrected chi connectivity index (χ3v) is 6.78. The van der Waals surface area contributed by atoms with Crippen molar-refractivity contribution in [2.24, 2.45) is 0 Å². The zero-order valence-corrected chi connectivity index (χ0v) is 22.0. The van der Waals surface area contributed by atoms with E-state index in [1.54, 1.807) is 6.20 Å². The fourth-order valence-electron chi connectivity index (χ4n) is 4.49. The Hall–Kier alpha value is -3.46.